The van der Waals surface area contributed by atoms with Crippen LogP contribution in [0.15, 0.2) is 12.3 Å². The number of ether oxygens (including phenoxy) is 3. The number of hydrogen-bond acceptors (Lipinski definition) is 6. The molecule has 0 radical (unpaired) electrons. The van der Waals surface area contributed by atoms with E-state index in [-0.39, 0.29) is 18.3 Å². The summed E-state index contributed by atoms with van der Waals surface area (Å²) in [7, 11) is -2.95. The van der Waals surface area contributed by atoms with Crippen LogP contribution in [-0.4, -0.2) is 66.8 Å². The second kappa shape index (κ2) is 9.42. The van der Waals surface area contributed by atoms with Crippen molar-refractivity contribution in [2.45, 2.75) is 56.8 Å². The minimum absolute atomic E-state index is 0.134. The van der Waals surface area contributed by atoms with Crippen molar-refractivity contribution in [3.8, 4) is 0 Å². The van der Waals surface area contributed by atoms with Gasteiger partial charge in [0.25, 0.3) is 0 Å². The molecule has 24 heavy (non-hydrogen) atoms. The number of rotatable bonds is 10. The van der Waals surface area contributed by atoms with Crippen LogP contribution in [0.1, 0.15) is 38.5 Å². The normalized spacial score (nSPS) is 32.9. The van der Waals surface area contributed by atoms with Crippen LogP contribution in [0.4, 0.5) is 0 Å². The van der Waals surface area contributed by atoms with E-state index < -0.39 is 8.80 Å². The SMILES string of the molecule is C=C[Si](OCC1CCCO1)(OCC1CCCO1)OCC1CCCO1. The van der Waals surface area contributed by atoms with Gasteiger partial charge in [-0.15, -0.1) is 0 Å². The second-order valence-corrected chi connectivity index (χ2v) is 9.13. The molecule has 3 fully saturated rings. The minimum atomic E-state index is -2.95. The van der Waals surface area contributed by atoms with Gasteiger partial charge in [0.1, 0.15) is 0 Å². The molecular formula is C17H30O6Si. The molecule has 6 nitrogen and oxygen atoms in total. The standard InChI is InChI=1S/C17H30O6Si/c1-2-24(21-12-15-6-3-9-18-15,22-13-16-7-4-10-19-16)23-14-17-8-5-11-20-17/h2,15-17H,1,3-14H2. The highest BCUT2D eigenvalue weighted by Gasteiger charge is 2.41. The Bertz CT molecular complexity index is 325. The van der Waals surface area contributed by atoms with Crippen molar-refractivity contribution in [1.82, 2.24) is 0 Å². The Morgan fingerprint density at radius 3 is 1.38 bits per heavy atom. The molecule has 3 saturated heterocycles. The summed E-state index contributed by atoms with van der Waals surface area (Å²) in [6, 6.07) is 0. The maximum Gasteiger partial charge on any atom is 0.529 e. The molecule has 0 aliphatic carbocycles. The van der Waals surface area contributed by atoms with Gasteiger partial charge in [-0.25, -0.2) is 0 Å². The van der Waals surface area contributed by atoms with Gasteiger partial charge < -0.3 is 27.5 Å². The highest BCUT2D eigenvalue weighted by atomic mass is 28.4. The van der Waals surface area contributed by atoms with Crippen LogP contribution in [0, 0.1) is 0 Å². The van der Waals surface area contributed by atoms with E-state index in [4.69, 9.17) is 27.5 Å². The van der Waals surface area contributed by atoms with Crippen LogP contribution in [0.25, 0.3) is 0 Å². The predicted molar refractivity (Wildman–Crippen MR) is 90.7 cm³/mol. The monoisotopic (exact) mass is 358 g/mol. The topological polar surface area (TPSA) is 55.4 Å². The fourth-order valence-corrected chi connectivity index (χ4v) is 5.11. The van der Waals surface area contributed by atoms with Gasteiger partial charge in [-0.3, -0.25) is 0 Å². The molecule has 0 spiro atoms. The molecule has 3 aliphatic rings. The van der Waals surface area contributed by atoms with Crippen LogP contribution < -0.4 is 0 Å². The Morgan fingerprint density at radius 2 is 1.12 bits per heavy atom. The average molecular weight is 359 g/mol. The van der Waals surface area contributed by atoms with Crippen LogP contribution in [0.3, 0.4) is 0 Å². The molecule has 3 heterocycles. The highest BCUT2D eigenvalue weighted by molar-refractivity contribution is 6.66. The first-order chi connectivity index (χ1) is 11.8. The van der Waals surface area contributed by atoms with Gasteiger partial charge in [0, 0.05) is 19.8 Å². The van der Waals surface area contributed by atoms with E-state index in [0.29, 0.717) is 19.8 Å². The Balaban J connectivity index is 1.53. The van der Waals surface area contributed by atoms with Crippen molar-refractivity contribution in [3.05, 3.63) is 12.3 Å². The van der Waals surface area contributed by atoms with E-state index in [9.17, 15) is 0 Å². The van der Waals surface area contributed by atoms with Gasteiger partial charge in [-0.1, -0.05) is 6.58 Å². The largest absolute Gasteiger partial charge is 0.529 e. The maximum absolute atomic E-state index is 6.12. The first-order valence-electron chi connectivity index (χ1n) is 9.20. The minimum Gasteiger partial charge on any atom is -0.376 e. The Hall–Kier alpha value is -0.283. The van der Waals surface area contributed by atoms with E-state index in [2.05, 4.69) is 6.58 Å². The molecule has 138 valence electrons. The molecule has 0 aromatic rings. The first kappa shape index (κ1) is 18.5. The summed E-state index contributed by atoms with van der Waals surface area (Å²) in [4.78, 5) is 0. The van der Waals surface area contributed by atoms with Crippen LogP contribution in [-0.2, 0) is 27.5 Å². The smallest absolute Gasteiger partial charge is 0.376 e. The molecule has 0 saturated carbocycles. The molecule has 0 aromatic carbocycles. The highest BCUT2D eigenvalue weighted by Crippen LogP contribution is 2.22. The molecule has 0 bridgehead atoms. The zero-order valence-electron chi connectivity index (χ0n) is 14.5. The summed E-state index contributed by atoms with van der Waals surface area (Å²) in [5, 5.41) is 0. The van der Waals surface area contributed by atoms with E-state index in [1.165, 1.54) is 0 Å². The molecule has 0 N–H and O–H groups in total. The Morgan fingerprint density at radius 1 is 0.750 bits per heavy atom. The summed E-state index contributed by atoms with van der Waals surface area (Å²) in [5.41, 5.74) is 1.73. The second-order valence-electron chi connectivity index (χ2n) is 6.65. The van der Waals surface area contributed by atoms with Crippen LogP contribution in [0.2, 0.25) is 0 Å². The third-order valence-electron chi connectivity index (χ3n) is 4.73. The van der Waals surface area contributed by atoms with Gasteiger partial charge >= 0.3 is 8.80 Å². The fourth-order valence-electron chi connectivity index (χ4n) is 3.26. The van der Waals surface area contributed by atoms with Crippen molar-refractivity contribution in [1.29, 1.82) is 0 Å². The van der Waals surface area contributed by atoms with Crippen LogP contribution in [0.5, 0.6) is 0 Å². The molecule has 7 heteroatoms. The lowest BCUT2D eigenvalue weighted by Crippen LogP contribution is -2.48. The summed E-state index contributed by atoms with van der Waals surface area (Å²) < 4.78 is 35.3. The lowest BCUT2D eigenvalue weighted by atomic mass is 10.2. The lowest BCUT2D eigenvalue weighted by molar-refractivity contribution is -0.0210. The quantitative estimate of drug-likeness (QED) is 0.558. The first-order valence-corrected chi connectivity index (χ1v) is 11.0. The van der Waals surface area contributed by atoms with Crippen LogP contribution >= 0.6 is 0 Å². The van der Waals surface area contributed by atoms with Crippen molar-refractivity contribution < 1.29 is 27.5 Å². The van der Waals surface area contributed by atoms with Gasteiger partial charge in [0.15, 0.2) is 0 Å². The summed E-state index contributed by atoms with van der Waals surface area (Å²) in [6.07, 6.45) is 6.74. The summed E-state index contributed by atoms with van der Waals surface area (Å²) in [6.45, 7) is 7.85. The van der Waals surface area contributed by atoms with Crippen molar-refractivity contribution in [3.63, 3.8) is 0 Å². The summed E-state index contributed by atoms with van der Waals surface area (Å²) in [5.74, 6) is 0. The van der Waals surface area contributed by atoms with E-state index in [0.717, 1.165) is 58.3 Å². The van der Waals surface area contributed by atoms with Gasteiger partial charge in [-0.05, 0) is 44.2 Å². The van der Waals surface area contributed by atoms with E-state index in [1.807, 2.05) is 0 Å². The molecular weight excluding hydrogens is 328 g/mol. The number of hydrogen-bond donors (Lipinski definition) is 0. The third-order valence-corrected chi connectivity index (χ3v) is 6.94. The Labute approximate surface area is 145 Å². The molecule has 3 rings (SSSR count). The lowest BCUT2D eigenvalue weighted by Gasteiger charge is -2.29. The van der Waals surface area contributed by atoms with Gasteiger partial charge in [0.2, 0.25) is 0 Å². The van der Waals surface area contributed by atoms with E-state index >= 15 is 0 Å². The molecule has 3 aliphatic heterocycles. The van der Waals surface area contributed by atoms with Crippen molar-refractivity contribution in [2.75, 3.05) is 39.6 Å². The van der Waals surface area contributed by atoms with Gasteiger partial charge in [0.05, 0.1) is 38.1 Å². The maximum atomic E-state index is 6.12. The van der Waals surface area contributed by atoms with Crippen molar-refractivity contribution >= 4 is 8.80 Å². The molecule has 3 unspecified atom stereocenters. The zero-order chi connectivity index (χ0) is 16.7. The molecule has 0 amide bonds. The van der Waals surface area contributed by atoms with E-state index in [1.54, 1.807) is 5.70 Å². The van der Waals surface area contributed by atoms with Gasteiger partial charge in [-0.2, -0.15) is 0 Å². The zero-order valence-corrected chi connectivity index (χ0v) is 15.5. The summed E-state index contributed by atoms with van der Waals surface area (Å²) >= 11 is 0. The Kier molecular flexibility index (Phi) is 7.27. The average Bonchev–Trinajstić information content (AvgIpc) is 3.37. The third kappa shape index (κ3) is 5.36. The predicted octanol–water partition coefficient (Wildman–Crippen LogP) is 2.24. The molecule has 3 atom stereocenters. The van der Waals surface area contributed by atoms with Crippen molar-refractivity contribution in [2.24, 2.45) is 0 Å². The fraction of sp³-hybridized carbons (Fsp3) is 0.882. The molecule has 0 aromatic heterocycles.